The molecule has 4 heteroatoms. The van der Waals surface area contributed by atoms with Gasteiger partial charge in [-0.05, 0) is 12.1 Å². The molecular weight excluding hydrogens is 168 g/mol. The number of anilines is 2. The van der Waals surface area contributed by atoms with E-state index in [0.29, 0.717) is 17.8 Å². The van der Waals surface area contributed by atoms with E-state index in [0.717, 1.165) is 5.56 Å². The van der Waals surface area contributed by atoms with Crippen molar-refractivity contribution in [3.63, 3.8) is 0 Å². The van der Waals surface area contributed by atoms with Gasteiger partial charge >= 0.3 is 0 Å². The zero-order valence-corrected chi connectivity index (χ0v) is 6.95. The number of hydrogen-bond donors (Lipinski definition) is 3. The van der Waals surface area contributed by atoms with Crippen LogP contribution < -0.4 is 11.1 Å². The van der Waals surface area contributed by atoms with Gasteiger partial charge in [-0.1, -0.05) is 6.07 Å². The number of nitrogens with two attached hydrogens (primary N) is 1. The smallest absolute Gasteiger partial charge is 0.253 e. The summed E-state index contributed by atoms with van der Waals surface area (Å²) in [7, 11) is 0. The van der Waals surface area contributed by atoms with Crippen LogP contribution >= 0.6 is 0 Å². The van der Waals surface area contributed by atoms with Gasteiger partial charge in [0.05, 0.1) is 0 Å². The number of nitrogens with one attached hydrogen (secondary N) is 1. The summed E-state index contributed by atoms with van der Waals surface area (Å²) in [6, 6.07) is 5.30. The molecule has 0 unspecified atom stereocenters. The molecule has 1 aromatic carbocycles. The predicted molar refractivity (Wildman–Crippen MR) is 49.2 cm³/mol. The summed E-state index contributed by atoms with van der Waals surface area (Å²) >= 11 is 0. The molecule has 1 heterocycles. The van der Waals surface area contributed by atoms with Crippen molar-refractivity contribution in [3.8, 4) is 0 Å². The Morgan fingerprint density at radius 1 is 1.54 bits per heavy atom. The standard InChI is InChI=1S/C9H10N2O2/c10-6-2-1-3-7-5(6)4-8(12)9(13)11-7/h1-3,8,12H,4,10H2,(H,11,13)/t8-/m1/s1. The lowest BCUT2D eigenvalue weighted by molar-refractivity contribution is -0.124. The second-order valence-corrected chi connectivity index (χ2v) is 3.08. The topological polar surface area (TPSA) is 75.3 Å². The van der Waals surface area contributed by atoms with E-state index in [1.165, 1.54) is 0 Å². The first-order chi connectivity index (χ1) is 6.18. The highest BCUT2D eigenvalue weighted by molar-refractivity contribution is 5.98. The second-order valence-electron chi connectivity index (χ2n) is 3.08. The van der Waals surface area contributed by atoms with Crippen LogP contribution in [-0.2, 0) is 11.2 Å². The average Bonchev–Trinajstić information content (AvgIpc) is 2.09. The molecule has 0 bridgehead atoms. The zero-order valence-electron chi connectivity index (χ0n) is 6.95. The summed E-state index contributed by atoms with van der Waals surface area (Å²) < 4.78 is 0. The lowest BCUT2D eigenvalue weighted by Crippen LogP contribution is -2.34. The first-order valence-corrected chi connectivity index (χ1v) is 4.05. The number of amides is 1. The SMILES string of the molecule is Nc1cccc2c1C[C@@H](O)C(=O)N2. The second kappa shape index (κ2) is 2.74. The Hall–Kier alpha value is -1.55. The number of aliphatic hydroxyl groups excluding tert-OH is 1. The Kier molecular flexibility index (Phi) is 1.70. The molecule has 0 radical (unpaired) electrons. The van der Waals surface area contributed by atoms with E-state index in [9.17, 15) is 9.90 Å². The van der Waals surface area contributed by atoms with Crippen molar-refractivity contribution in [3.05, 3.63) is 23.8 Å². The molecule has 1 aromatic rings. The Bertz CT molecular complexity index is 363. The Morgan fingerprint density at radius 3 is 3.08 bits per heavy atom. The van der Waals surface area contributed by atoms with Crippen LogP contribution in [0.5, 0.6) is 0 Å². The number of nitrogen functional groups attached to an aromatic ring is 1. The van der Waals surface area contributed by atoms with Gasteiger partial charge in [0.1, 0.15) is 6.10 Å². The highest BCUT2D eigenvalue weighted by atomic mass is 16.3. The molecule has 1 aliphatic rings. The molecular formula is C9H10N2O2. The number of aliphatic hydroxyl groups is 1. The quantitative estimate of drug-likeness (QED) is 0.494. The Morgan fingerprint density at radius 2 is 2.31 bits per heavy atom. The van der Waals surface area contributed by atoms with Gasteiger partial charge in [-0.2, -0.15) is 0 Å². The summed E-state index contributed by atoms with van der Waals surface area (Å²) in [6.07, 6.45) is -0.675. The van der Waals surface area contributed by atoms with Crippen molar-refractivity contribution in [1.29, 1.82) is 0 Å². The number of carbonyl (C=O) groups excluding carboxylic acids is 1. The van der Waals surface area contributed by atoms with Crippen molar-refractivity contribution < 1.29 is 9.90 Å². The summed E-state index contributed by atoms with van der Waals surface area (Å²) in [5.41, 5.74) is 7.81. The molecule has 1 atom stereocenters. The maximum absolute atomic E-state index is 11.1. The largest absolute Gasteiger partial charge is 0.398 e. The van der Waals surface area contributed by atoms with E-state index in [-0.39, 0.29) is 5.91 Å². The molecule has 0 aliphatic carbocycles. The highest BCUT2D eigenvalue weighted by Gasteiger charge is 2.24. The first kappa shape index (κ1) is 8.07. The monoisotopic (exact) mass is 178 g/mol. The Labute approximate surface area is 75.4 Å². The van der Waals surface area contributed by atoms with Crippen LogP contribution in [0, 0.1) is 0 Å². The molecule has 0 saturated carbocycles. The van der Waals surface area contributed by atoms with Crippen molar-refractivity contribution in [2.45, 2.75) is 12.5 Å². The fraction of sp³-hybridized carbons (Fsp3) is 0.222. The van der Waals surface area contributed by atoms with Gasteiger partial charge in [0.25, 0.3) is 5.91 Å². The predicted octanol–water partition coefficient (Wildman–Crippen LogP) is 0.124. The maximum Gasteiger partial charge on any atom is 0.253 e. The summed E-state index contributed by atoms with van der Waals surface area (Å²) in [5, 5.41) is 11.9. The van der Waals surface area contributed by atoms with Crippen LogP contribution in [0.2, 0.25) is 0 Å². The minimum Gasteiger partial charge on any atom is -0.398 e. The maximum atomic E-state index is 11.1. The summed E-state index contributed by atoms with van der Waals surface area (Å²) in [4.78, 5) is 11.1. The van der Waals surface area contributed by atoms with Crippen LogP contribution in [0.4, 0.5) is 11.4 Å². The first-order valence-electron chi connectivity index (χ1n) is 4.05. The van der Waals surface area contributed by atoms with Gasteiger partial charge in [0, 0.05) is 23.4 Å². The molecule has 0 fully saturated rings. The summed E-state index contributed by atoms with van der Waals surface area (Å²) in [5.74, 6) is -0.363. The third-order valence-electron chi connectivity index (χ3n) is 2.17. The average molecular weight is 178 g/mol. The molecule has 0 saturated heterocycles. The van der Waals surface area contributed by atoms with Crippen molar-refractivity contribution >= 4 is 17.3 Å². The van der Waals surface area contributed by atoms with Crippen molar-refractivity contribution in [2.24, 2.45) is 0 Å². The number of rotatable bonds is 0. The molecule has 4 N–H and O–H groups in total. The van der Waals surface area contributed by atoms with Crippen molar-refractivity contribution in [2.75, 3.05) is 11.1 Å². The van der Waals surface area contributed by atoms with E-state index < -0.39 is 6.10 Å². The fourth-order valence-electron chi connectivity index (χ4n) is 1.45. The molecule has 1 aliphatic heterocycles. The van der Waals surface area contributed by atoms with Gasteiger partial charge < -0.3 is 16.2 Å². The molecule has 0 spiro atoms. The Balaban J connectivity index is 2.48. The molecule has 2 rings (SSSR count). The molecule has 4 nitrogen and oxygen atoms in total. The van der Waals surface area contributed by atoms with E-state index in [4.69, 9.17) is 5.73 Å². The van der Waals surface area contributed by atoms with Gasteiger partial charge in [-0.3, -0.25) is 4.79 Å². The fourth-order valence-corrected chi connectivity index (χ4v) is 1.45. The lowest BCUT2D eigenvalue weighted by Gasteiger charge is -2.21. The van der Waals surface area contributed by atoms with E-state index in [1.54, 1.807) is 18.2 Å². The van der Waals surface area contributed by atoms with E-state index in [2.05, 4.69) is 5.32 Å². The van der Waals surface area contributed by atoms with Crippen LogP contribution in [-0.4, -0.2) is 17.1 Å². The number of fused-ring (bicyclic) bond motifs is 1. The van der Waals surface area contributed by atoms with E-state index in [1.807, 2.05) is 0 Å². The van der Waals surface area contributed by atoms with Gasteiger partial charge in [-0.25, -0.2) is 0 Å². The van der Waals surface area contributed by atoms with Crippen LogP contribution in [0.1, 0.15) is 5.56 Å². The summed E-state index contributed by atoms with van der Waals surface area (Å²) in [6.45, 7) is 0. The molecule has 1 amide bonds. The minimum atomic E-state index is -0.975. The van der Waals surface area contributed by atoms with E-state index >= 15 is 0 Å². The van der Waals surface area contributed by atoms with Crippen molar-refractivity contribution in [1.82, 2.24) is 0 Å². The number of hydrogen-bond acceptors (Lipinski definition) is 3. The highest BCUT2D eigenvalue weighted by Crippen LogP contribution is 2.27. The third kappa shape index (κ3) is 1.25. The van der Waals surface area contributed by atoms with Gasteiger partial charge in [0.15, 0.2) is 0 Å². The van der Waals surface area contributed by atoms with Crippen LogP contribution in [0.3, 0.4) is 0 Å². The molecule has 68 valence electrons. The lowest BCUT2D eigenvalue weighted by atomic mass is 9.99. The number of benzene rings is 1. The number of carbonyl (C=O) groups is 1. The molecule has 0 aromatic heterocycles. The normalized spacial score (nSPS) is 20.7. The third-order valence-corrected chi connectivity index (χ3v) is 2.17. The van der Waals surface area contributed by atoms with Gasteiger partial charge in [-0.15, -0.1) is 0 Å². The van der Waals surface area contributed by atoms with Crippen LogP contribution in [0.25, 0.3) is 0 Å². The minimum absolute atomic E-state index is 0.299. The van der Waals surface area contributed by atoms with Gasteiger partial charge in [0.2, 0.25) is 0 Å². The van der Waals surface area contributed by atoms with Crippen LogP contribution in [0.15, 0.2) is 18.2 Å². The molecule has 13 heavy (non-hydrogen) atoms. The zero-order chi connectivity index (χ0) is 9.42.